The van der Waals surface area contributed by atoms with Gasteiger partial charge in [-0.15, -0.1) is 0 Å². The Labute approximate surface area is 188 Å². The van der Waals surface area contributed by atoms with Crippen molar-refractivity contribution in [2.45, 2.75) is 36.9 Å². The summed E-state index contributed by atoms with van der Waals surface area (Å²) in [5, 5.41) is 25.0. The molecule has 2 N–H and O–H groups in total. The van der Waals surface area contributed by atoms with E-state index in [1.54, 1.807) is 0 Å². The lowest BCUT2D eigenvalue weighted by atomic mass is 9.62. The minimum absolute atomic E-state index is 0.737. The Morgan fingerprint density at radius 3 is 1.25 bits per heavy atom. The molecule has 0 spiro atoms. The van der Waals surface area contributed by atoms with Crippen LogP contribution in [0, 0.1) is 0 Å². The molecule has 0 aromatic heterocycles. The van der Waals surface area contributed by atoms with Crippen LogP contribution in [-0.2, 0) is 24.0 Å². The summed E-state index contributed by atoms with van der Waals surface area (Å²) < 4.78 is 0. The summed E-state index contributed by atoms with van der Waals surface area (Å²) >= 11 is 0. The zero-order valence-electron chi connectivity index (χ0n) is 18.0. The predicted molar refractivity (Wildman–Crippen MR) is 127 cm³/mol. The van der Waals surface area contributed by atoms with Crippen LogP contribution in [0.3, 0.4) is 0 Å². The summed E-state index contributed by atoms with van der Waals surface area (Å²) in [7, 11) is 0. The molecule has 2 nitrogen and oxygen atoms in total. The summed E-state index contributed by atoms with van der Waals surface area (Å²) in [6.07, 6.45) is 4.35. The molecule has 2 aliphatic carbocycles. The molecule has 0 aliphatic heterocycles. The van der Waals surface area contributed by atoms with Gasteiger partial charge in [0.15, 0.2) is 0 Å². The molecule has 0 fully saturated rings. The van der Waals surface area contributed by atoms with Gasteiger partial charge in [0.2, 0.25) is 0 Å². The number of hydrogen-bond acceptors (Lipinski definition) is 2. The van der Waals surface area contributed by atoms with Crippen LogP contribution in [0.5, 0.6) is 0 Å². The molecule has 0 saturated heterocycles. The second-order valence-corrected chi connectivity index (χ2v) is 9.07. The van der Waals surface area contributed by atoms with E-state index in [1.165, 1.54) is 11.1 Å². The summed E-state index contributed by atoms with van der Waals surface area (Å²) in [5.41, 5.74) is 4.60. The highest BCUT2D eigenvalue weighted by molar-refractivity contribution is 5.66. The maximum absolute atomic E-state index is 12.5. The lowest BCUT2D eigenvalue weighted by Crippen LogP contribution is -2.44. The first-order valence-electron chi connectivity index (χ1n) is 11.5. The molecular weight excluding hydrogens is 392 g/mol. The van der Waals surface area contributed by atoms with E-state index in [0.717, 1.165) is 59.1 Å². The second-order valence-electron chi connectivity index (χ2n) is 9.07. The lowest BCUT2D eigenvalue weighted by Gasteiger charge is -2.46. The van der Waals surface area contributed by atoms with Gasteiger partial charge in [0.25, 0.3) is 0 Å². The molecule has 32 heavy (non-hydrogen) atoms. The number of aliphatic hydroxyl groups is 2. The minimum atomic E-state index is -1.33. The van der Waals surface area contributed by atoms with Gasteiger partial charge in [0.1, 0.15) is 11.2 Å². The van der Waals surface area contributed by atoms with Gasteiger partial charge in [-0.05, 0) is 70.2 Å². The Balaban J connectivity index is 1.75. The molecule has 4 aromatic carbocycles. The van der Waals surface area contributed by atoms with Crippen molar-refractivity contribution in [1.82, 2.24) is 0 Å². The van der Waals surface area contributed by atoms with Crippen LogP contribution in [0.25, 0.3) is 0 Å². The molecule has 2 aliphatic rings. The highest BCUT2D eigenvalue weighted by atomic mass is 16.3. The maximum Gasteiger partial charge on any atom is 0.141 e. The first-order valence-corrected chi connectivity index (χ1v) is 11.5. The average Bonchev–Trinajstić information content (AvgIpc) is 2.87. The smallest absolute Gasteiger partial charge is 0.141 e. The fraction of sp³-hybridized carbons (Fsp3) is 0.200. The summed E-state index contributed by atoms with van der Waals surface area (Å²) in [6.45, 7) is 0. The highest BCUT2D eigenvalue weighted by Gasteiger charge is 2.51. The van der Waals surface area contributed by atoms with Crippen molar-refractivity contribution in [3.63, 3.8) is 0 Å². The van der Waals surface area contributed by atoms with Crippen LogP contribution in [0.2, 0.25) is 0 Å². The van der Waals surface area contributed by atoms with Crippen molar-refractivity contribution in [3.05, 3.63) is 142 Å². The van der Waals surface area contributed by atoms with E-state index in [4.69, 9.17) is 0 Å². The predicted octanol–water partition coefficient (Wildman–Crippen LogP) is 5.45. The molecule has 0 saturated carbocycles. The summed E-state index contributed by atoms with van der Waals surface area (Å²) in [4.78, 5) is 0. The quantitative estimate of drug-likeness (QED) is 0.455. The van der Waals surface area contributed by atoms with Crippen molar-refractivity contribution >= 4 is 0 Å². The van der Waals surface area contributed by atoms with Crippen LogP contribution in [0.15, 0.2) is 97.1 Å². The number of aryl methyl sites for hydroxylation is 2. The topological polar surface area (TPSA) is 40.5 Å². The molecule has 6 rings (SSSR count). The molecule has 0 unspecified atom stereocenters. The van der Waals surface area contributed by atoms with Crippen molar-refractivity contribution < 1.29 is 10.2 Å². The Bertz CT molecular complexity index is 1190. The Hall–Kier alpha value is -3.20. The van der Waals surface area contributed by atoms with Gasteiger partial charge in [-0.25, -0.2) is 0 Å². The van der Waals surface area contributed by atoms with Gasteiger partial charge in [0.05, 0.1) is 0 Å². The Morgan fingerprint density at radius 1 is 0.469 bits per heavy atom. The number of hydrogen-bond donors (Lipinski definition) is 2. The first-order chi connectivity index (χ1) is 15.6. The SMILES string of the molecule is O[C@@]1(c2ccccc2)c2ccccc2[C@@](O)(c2ccccc2)c2cc3c(cc21)CCCC3. The molecule has 158 valence electrons. The van der Waals surface area contributed by atoms with Crippen LogP contribution in [0.4, 0.5) is 0 Å². The second kappa shape index (κ2) is 7.16. The fourth-order valence-electron chi connectivity index (χ4n) is 5.77. The van der Waals surface area contributed by atoms with Gasteiger partial charge in [0, 0.05) is 0 Å². The first kappa shape index (κ1) is 19.5. The highest BCUT2D eigenvalue weighted by Crippen LogP contribution is 2.53. The average molecular weight is 419 g/mol. The van der Waals surface area contributed by atoms with Crippen LogP contribution in [-0.4, -0.2) is 10.2 Å². The van der Waals surface area contributed by atoms with Crippen molar-refractivity contribution in [2.24, 2.45) is 0 Å². The lowest BCUT2D eigenvalue weighted by molar-refractivity contribution is 0.0745. The van der Waals surface area contributed by atoms with E-state index in [-0.39, 0.29) is 0 Å². The number of rotatable bonds is 2. The summed E-state index contributed by atoms with van der Waals surface area (Å²) in [6, 6.07) is 31.8. The van der Waals surface area contributed by atoms with E-state index in [2.05, 4.69) is 12.1 Å². The molecule has 0 heterocycles. The largest absolute Gasteiger partial charge is 0.376 e. The van der Waals surface area contributed by atoms with Crippen molar-refractivity contribution in [3.8, 4) is 0 Å². The fourth-order valence-corrected chi connectivity index (χ4v) is 5.77. The maximum atomic E-state index is 12.5. The zero-order valence-corrected chi connectivity index (χ0v) is 18.0. The van der Waals surface area contributed by atoms with Crippen LogP contribution in [0.1, 0.15) is 57.3 Å². The van der Waals surface area contributed by atoms with Gasteiger partial charge in [-0.2, -0.15) is 0 Å². The minimum Gasteiger partial charge on any atom is -0.376 e. The Morgan fingerprint density at radius 2 is 0.844 bits per heavy atom. The van der Waals surface area contributed by atoms with E-state index in [9.17, 15) is 10.2 Å². The molecule has 0 amide bonds. The standard InChI is InChI=1S/C30H26O2/c31-29(23-13-3-1-4-14-23)25-17-9-10-18-26(25)30(32,24-15-5-2-6-16-24)28-20-22-12-8-7-11-21(22)19-27(28)29/h1-6,9-10,13-20,31-32H,7-8,11-12H2/t29-,30-/m0/s1. The van der Waals surface area contributed by atoms with Gasteiger partial charge in [-0.1, -0.05) is 97.1 Å². The van der Waals surface area contributed by atoms with E-state index >= 15 is 0 Å². The van der Waals surface area contributed by atoms with Gasteiger partial charge >= 0.3 is 0 Å². The number of fused-ring (bicyclic) bond motifs is 3. The van der Waals surface area contributed by atoms with Gasteiger partial charge in [-0.3, -0.25) is 0 Å². The number of benzene rings is 4. The van der Waals surface area contributed by atoms with E-state index in [1.807, 2.05) is 84.9 Å². The van der Waals surface area contributed by atoms with E-state index < -0.39 is 11.2 Å². The normalized spacial score (nSPS) is 23.7. The Kier molecular flexibility index (Phi) is 4.36. The van der Waals surface area contributed by atoms with Crippen LogP contribution >= 0.6 is 0 Å². The molecule has 0 bridgehead atoms. The molecule has 4 aromatic rings. The monoisotopic (exact) mass is 418 g/mol. The third-order valence-electron chi connectivity index (χ3n) is 7.35. The molecule has 0 radical (unpaired) electrons. The van der Waals surface area contributed by atoms with Gasteiger partial charge < -0.3 is 10.2 Å². The molecule has 2 heteroatoms. The third kappa shape index (κ3) is 2.60. The van der Waals surface area contributed by atoms with E-state index in [0.29, 0.717) is 0 Å². The molecular formula is C30H26O2. The molecule has 2 atom stereocenters. The van der Waals surface area contributed by atoms with Crippen molar-refractivity contribution in [2.75, 3.05) is 0 Å². The third-order valence-corrected chi connectivity index (χ3v) is 7.35. The van der Waals surface area contributed by atoms with Crippen molar-refractivity contribution in [1.29, 1.82) is 0 Å². The zero-order chi connectivity index (χ0) is 21.8. The summed E-state index contributed by atoms with van der Waals surface area (Å²) in [5.74, 6) is 0. The van der Waals surface area contributed by atoms with Crippen LogP contribution < -0.4 is 0 Å².